The second kappa shape index (κ2) is 14.1. The summed E-state index contributed by atoms with van der Waals surface area (Å²) in [6.45, 7) is 2.60. The van der Waals surface area contributed by atoms with Gasteiger partial charge in [-0.1, -0.05) is 49.4 Å². The van der Waals surface area contributed by atoms with Gasteiger partial charge in [-0.25, -0.2) is 8.78 Å². The van der Waals surface area contributed by atoms with Crippen molar-refractivity contribution in [3.05, 3.63) is 106 Å². The molecule has 0 aliphatic heterocycles. The van der Waals surface area contributed by atoms with Gasteiger partial charge in [-0.3, -0.25) is 9.59 Å². The van der Waals surface area contributed by atoms with Crippen molar-refractivity contribution < 1.29 is 23.5 Å². The van der Waals surface area contributed by atoms with E-state index in [1.165, 1.54) is 11.6 Å². The van der Waals surface area contributed by atoms with E-state index in [0.717, 1.165) is 30.2 Å². The zero-order chi connectivity index (χ0) is 28.4. The number of aryl methyl sites for hydroxylation is 1. The fraction of sp³-hybridized carbons (Fsp3) is 0.300. The molecule has 2 amide bonds. The average Bonchev–Trinajstić information content (AvgIpc) is 2.90. The quantitative estimate of drug-likeness (QED) is 0.268. The van der Waals surface area contributed by atoms with Crippen LogP contribution in [0, 0.1) is 23.0 Å². The Morgan fingerprint density at radius 2 is 1.69 bits per heavy atom. The number of benzene rings is 3. The molecule has 0 radical (unpaired) electrons. The van der Waals surface area contributed by atoms with Crippen molar-refractivity contribution in [2.24, 2.45) is 5.73 Å². The predicted molar refractivity (Wildman–Crippen MR) is 143 cm³/mol. The molecule has 0 heterocycles. The monoisotopic (exact) mass is 534 g/mol. The summed E-state index contributed by atoms with van der Waals surface area (Å²) in [6, 6.07) is 18.4. The number of primary amides is 1. The van der Waals surface area contributed by atoms with Crippen LogP contribution in [0.1, 0.15) is 47.1 Å². The first-order chi connectivity index (χ1) is 18.7. The Morgan fingerprint density at radius 3 is 2.36 bits per heavy atom. The van der Waals surface area contributed by atoms with Crippen LogP contribution in [0.25, 0.3) is 0 Å². The lowest BCUT2D eigenvalue weighted by Crippen LogP contribution is -2.49. The molecular weight excluding hydrogens is 502 g/mol. The molecule has 3 aromatic rings. The summed E-state index contributed by atoms with van der Waals surface area (Å²) in [5, 5.41) is 26.2. The number of nitrogens with one attached hydrogen (secondary N) is 2. The SMILES string of the molecule is CCc1cccc(CNC[C@@H](O)[C@H](Cc2cc(F)cc(F)c2)NC(=O)CC(C(N)=O)c2ccccc2C#N)c1. The van der Waals surface area contributed by atoms with E-state index in [0.29, 0.717) is 12.1 Å². The molecule has 3 atom stereocenters. The van der Waals surface area contributed by atoms with Crippen molar-refractivity contribution in [2.75, 3.05) is 6.54 Å². The van der Waals surface area contributed by atoms with Gasteiger partial charge in [0, 0.05) is 25.6 Å². The molecule has 9 heteroatoms. The zero-order valence-corrected chi connectivity index (χ0v) is 21.7. The van der Waals surface area contributed by atoms with Crippen molar-refractivity contribution in [2.45, 2.75) is 50.8 Å². The Morgan fingerprint density at radius 1 is 1.00 bits per heavy atom. The molecule has 0 aliphatic rings. The van der Waals surface area contributed by atoms with Crippen LogP contribution in [0.2, 0.25) is 0 Å². The van der Waals surface area contributed by atoms with Gasteiger partial charge in [0.1, 0.15) is 11.6 Å². The maximum atomic E-state index is 13.8. The number of nitriles is 1. The van der Waals surface area contributed by atoms with Gasteiger partial charge in [-0.2, -0.15) is 5.26 Å². The Hall–Kier alpha value is -4.13. The highest BCUT2D eigenvalue weighted by atomic mass is 19.1. The number of amides is 2. The summed E-state index contributed by atoms with van der Waals surface area (Å²) in [7, 11) is 0. The molecule has 7 nitrogen and oxygen atoms in total. The maximum absolute atomic E-state index is 13.8. The summed E-state index contributed by atoms with van der Waals surface area (Å²) >= 11 is 0. The third-order valence-electron chi connectivity index (χ3n) is 6.46. The molecule has 39 heavy (non-hydrogen) atoms. The third-order valence-corrected chi connectivity index (χ3v) is 6.46. The van der Waals surface area contributed by atoms with Gasteiger partial charge in [0.25, 0.3) is 0 Å². The van der Waals surface area contributed by atoms with E-state index in [-0.39, 0.29) is 30.5 Å². The molecule has 5 N–H and O–H groups in total. The average molecular weight is 535 g/mol. The topological polar surface area (TPSA) is 128 Å². The number of aliphatic hydroxyl groups excluding tert-OH is 1. The Labute approximate surface area is 226 Å². The Bertz CT molecular complexity index is 1320. The highest BCUT2D eigenvalue weighted by molar-refractivity contribution is 5.89. The van der Waals surface area contributed by atoms with Crippen LogP contribution >= 0.6 is 0 Å². The van der Waals surface area contributed by atoms with Gasteiger partial charge in [-0.05, 0) is 53.3 Å². The van der Waals surface area contributed by atoms with Crippen molar-refractivity contribution >= 4 is 11.8 Å². The van der Waals surface area contributed by atoms with E-state index < -0.39 is 41.5 Å². The molecule has 0 aliphatic carbocycles. The summed E-state index contributed by atoms with van der Waals surface area (Å²) in [6.07, 6.45) is -0.677. The van der Waals surface area contributed by atoms with Crippen LogP contribution in [0.4, 0.5) is 8.78 Å². The van der Waals surface area contributed by atoms with Crippen LogP contribution in [0.5, 0.6) is 0 Å². The van der Waals surface area contributed by atoms with Crippen molar-refractivity contribution in [3.63, 3.8) is 0 Å². The van der Waals surface area contributed by atoms with E-state index in [1.54, 1.807) is 18.2 Å². The molecule has 0 fully saturated rings. The summed E-state index contributed by atoms with van der Waals surface area (Å²) in [5.74, 6) is -4.02. The largest absolute Gasteiger partial charge is 0.390 e. The van der Waals surface area contributed by atoms with Crippen LogP contribution in [-0.2, 0) is 29.0 Å². The second-order valence-electron chi connectivity index (χ2n) is 9.39. The molecule has 204 valence electrons. The van der Waals surface area contributed by atoms with Crippen molar-refractivity contribution in [3.8, 4) is 6.07 Å². The first-order valence-electron chi connectivity index (χ1n) is 12.7. The minimum absolute atomic E-state index is 0.0649. The summed E-state index contributed by atoms with van der Waals surface area (Å²) in [5.41, 5.74) is 8.54. The number of nitrogens with two attached hydrogens (primary N) is 1. The van der Waals surface area contributed by atoms with E-state index in [9.17, 15) is 28.7 Å². The molecule has 0 saturated heterocycles. The van der Waals surface area contributed by atoms with Gasteiger partial charge in [-0.15, -0.1) is 0 Å². The standard InChI is InChI=1S/C30H32F2N4O3/c1-2-19-6-5-7-20(10-19)17-35-18-28(37)27(13-21-11-23(31)14-24(32)12-21)36-29(38)15-26(30(34)39)25-9-4-3-8-22(25)16-33/h3-12,14,26-28,35,37H,2,13,15,17-18H2,1H3,(H2,34,39)(H,36,38)/t26?,27-,28+/m0/s1. The van der Waals surface area contributed by atoms with Crippen LogP contribution in [0.3, 0.4) is 0 Å². The lowest BCUT2D eigenvalue weighted by Gasteiger charge is -2.26. The van der Waals surface area contributed by atoms with Gasteiger partial charge in [0.05, 0.1) is 29.7 Å². The molecule has 0 bridgehead atoms. The van der Waals surface area contributed by atoms with Gasteiger partial charge in [0.15, 0.2) is 0 Å². The molecule has 0 saturated carbocycles. The molecule has 0 spiro atoms. The fourth-order valence-corrected chi connectivity index (χ4v) is 4.45. The highest BCUT2D eigenvalue weighted by Crippen LogP contribution is 2.23. The smallest absolute Gasteiger partial charge is 0.225 e. The Kier molecular flexibility index (Phi) is 10.7. The number of nitrogens with zero attached hydrogens (tertiary/aromatic N) is 1. The van der Waals surface area contributed by atoms with Crippen molar-refractivity contribution in [1.29, 1.82) is 5.26 Å². The van der Waals surface area contributed by atoms with Crippen LogP contribution in [-0.4, -0.2) is 35.6 Å². The van der Waals surface area contributed by atoms with Crippen LogP contribution < -0.4 is 16.4 Å². The fourth-order valence-electron chi connectivity index (χ4n) is 4.45. The summed E-state index contributed by atoms with van der Waals surface area (Å²) in [4.78, 5) is 25.3. The lowest BCUT2D eigenvalue weighted by atomic mass is 9.90. The number of rotatable bonds is 13. The summed E-state index contributed by atoms with van der Waals surface area (Å²) < 4.78 is 27.7. The van der Waals surface area contributed by atoms with Crippen LogP contribution in [0.15, 0.2) is 66.7 Å². The van der Waals surface area contributed by atoms with E-state index in [2.05, 4.69) is 23.6 Å². The molecule has 3 rings (SSSR count). The number of halogens is 2. The van der Waals surface area contributed by atoms with Gasteiger partial charge >= 0.3 is 0 Å². The molecular formula is C30H32F2N4O3. The number of carbonyl (C=O) groups excluding carboxylic acids is 2. The Balaban J connectivity index is 1.75. The van der Waals surface area contributed by atoms with Gasteiger partial charge < -0.3 is 21.5 Å². The minimum atomic E-state index is -1.13. The minimum Gasteiger partial charge on any atom is -0.390 e. The number of hydrogen-bond donors (Lipinski definition) is 4. The number of aliphatic hydroxyl groups is 1. The van der Waals surface area contributed by atoms with Crippen molar-refractivity contribution in [1.82, 2.24) is 10.6 Å². The predicted octanol–water partition coefficient (Wildman–Crippen LogP) is 3.24. The molecule has 0 aromatic heterocycles. The molecule has 1 unspecified atom stereocenters. The highest BCUT2D eigenvalue weighted by Gasteiger charge is 2.27. The molecule has 3 aromatic carbocycles. The van der Waals surface area contributed by atoms with E-state index >= 15 is 0 Å². The number of hydrogen-bond acceptors (Lipinski definition) is 5. The normalized spacial score (nSPS) is 13.2. The zero-order valence-electron chi connectivity index (χ0n) is 21.7. The van der Waals surface area contributed by atoms with E-state index in [4.69, 9.17) is 5.73 Å². The lowest BCUT2D eigenvalue weighted by molar-refractivity contribution is -0.127. The maximum Gasteiger partial charge on any atom is 0.225 e. The first kappa shape index (κ1) is 29.4. The van der Waals surface area contributed by atoms with Gasteiger partial charge in [0.2, 0.25) is 11.8 Å². The second-order valence-corrected chi connectivity index (χ2v) is 9.39. The van der Waals surface area contributed by atoms with E-state index in [1.807, 2.05) is 24.3 Å². The third kappa shape index (κ3) is 8.70. The first-order valence-corrected chi connectivity index (χ1v) is 12.7. The number of carbonyl (C=O) groups is 2.